The highest BCUT2D eigenvalue weighted by atomic mass is 32.1. The molecule has 0 saturated heterocycles. The number of hydrogen-bond acceptors (Lipinski definition) is 6. The molecule has 0 aliphatic heterocycles. The Labute approximate surface area is 228 Å². The Morgan fingerprint density at radius 2 is 1.66 bits per heavy atom. The zero-order valence-corrected chi connectivity index (χ0v) is 23.1. The molecule has 1 fully saturated rings. The second-order valence-electron chi connectivity index (χ2n) is 9.42. The van der Waals surface area contributed by atoms with Gasteiger partial charge in [0.25, 0.3) is 0 Å². The highest BCUT2D eigenvalue weighted by molar-refractivity contribution is 7.10. The Morgan fingerprint density at radius 1 is 0.921 bits per heavy atom. The fourth-order valence-corrected chi connectivity index (χ4v) is 5.81. The summed E-state index contributed by atoms with van der Waals surface area (Å²) in [5.41, 5.74) is 1.39. The van der Waals surface area contributed by atoms with Gasteiger partial charge in [-0.2, -0.15) is 0 Å². The van der Waals surface area contributed by atoms with Gasteiger partial charge >= 0.3 is 0 Å². The van der Waals surface area contributed by atoms with E-state index in [4.69, 9.17) is 14.2 Å². The predicted octanol–water partition coefficient (Wildman–Crippen LogP) is 5.54. The van der Waals surface area contributed by atoms with E-state index in [0.717, 1.165) is 36.1 Å². The van der Waals surface area contributed by atoms with E-state index in [1.807, 2.05) is 53.9 Å². The Kier molecular flexibility index (Phi) is 9.65. The van der Waals surface area contributed by atoms with Crippen LogP contribution in [-0.2, 0) is 22.6 Å². The second kappa shape index (κ2) is 13.3. The first-order valence-corrected chi connectivity index (χ1v) is 13.9. The summed E-state index contributed by atoms with van der Waals surface area (Å²) in [6.45, 7) is 0.192. The van der Waals surface area contributed by atoms with Crippen LogP contribution in [-0.4, -0.2) is 44.1 Å². The number of para-hydroxylation sites is 2. The Balaban J connectivity index is 1.80. The first-order chi connectivity index (χ1) is 18.5. The minimum atomic E-state index is -0.931. The second-order valence-corrected chi connectivity index (χ2v) is 10.5. The first-order valence-electron chi connectivity index (χ1n) is 13.0. The molecule has 2 amide bonds. The molecular weight excluding hydrogens is 500 g/mol. The quantitative estimate of drug-likeness (QED) is 0.348. The predicted molar refractivity (Wildman–Crippen MR) is 149 cm³/mol. The van der Waals surface area contributed by atoms with E-state index < -0.39 is 6.04 Å². The van der Waals surface area contributed by atoms with Crippen LogP contribution in [0, 0.1) is 0 Å². The fraction of sp³-hybridized carbons (Fsp3) is 0.400. The summed E-state index contributed by atoms with van der Waals surface area (Å²) in [5, 5.41) is 5.21. The Bertz CT molecular complexity index is 1210. The van der Waals surface area contributed by atoms with E-state index >= 15 is 0 Å². The molecule has 4 rings (SSSR count). The molecule has 3 aromatic rings. The third-order valence-corrected chi connectivity index (χ3v) is 7.88. The lowest BCUT2D eigenvalue weighted by atomic mass is 9.94. The molecule has 38 heavy (non-hydrogen) atoms. The van der Waals surface area contributed by atoms with Crippen LogP contribution < -0.4 is 19.5 Å². The van der Waals surface area contributed by atoms with E-state index in [-0.39, 0.29) is 30.8 Å². The molecule has 202 valence electrons. The van der Waals surface area contributed by atoms with Crippen molar-refractivity contribution < 1.29 is 23.8 Å². The number of benzene rings is 2. The number of nitrogens with one attached hydrogen (secondary N) is 1. The van der Waals surface area contributed by atoms with Crippen LogP contribution >= 0.6 is 11.3 Å². The lowest BCUT2D eigenvalue weighted by molar-refractivity contribution is -0.141. The third kappa shape index (κ3) is 6.48. The number of nitrogens with zero attached hydrogens (tertiary/aromatic N) is 1. The highest BCUT2D eigenvalue weighted by Gasteiger charge is 2.36. The van der Waals surface area contributed by atoms with Crippen molar-refractivity contribution >= 4 is 23.2 Å². The normalized spacial score (nSPS) is 14.4. The molecule has 0 spiro atoms. The van der Waals surface area contributed by atoms with Gasteiger partial charge < -0.3 is 24.4 Å². The van der Waals surface area contributed by atoms with Crippen LogP contribution in [0.25, 0.3) is 0 Å². The number of rotatable bonds is 11. The summed E-state index contributed by atoms with van der Waals surface area (Å²) in [7, 11) is 4.72. The number of carbonyl (C=O) groups excluding carboxylic acids is 2. The molecule has 0 radical (unpaired) electrons. The number of methoxy groups -OCH3 is 3. The number of thiophene rings is 1. The standard InChI is InChI=1S/C30H36N2O5S/c1-35-25-16-8-7-11-21(25)20-32(27(33)19-23-14-10-18-38-23)28(30(34)31-22-12-5-4-6-13-22)24-15-9-17-26(36-2)29(24)37-3/h7-11,14-18,22,28H,4-6,12-13,19-20H2,1-3H3,(H,31,34)/t28-/m0/s1. The van der Waals surface area contributed by atoms with Crippen molar-refractivity contribution in [1.82, 2.24) is 10.2 Å². The van der Waals surface area contributed by atoms with Gasteiger partial charge in [-0.1, -0.05) is 55.7 Å². The summed E-state index contributed by atoms with van der Waals surface area (Å²) in [4.78, 5) is 30.7. The zero-order valence-electron chi connectivity index (χ0n) is 22.3. The molecule has 1 heterocycles. The van der Waals surface area contributed by atoms with E-state index in [9.17, 15) is 9.59 Å². The van der Waals surface area contributed by atoms with Gasteiger partial charge in [0, 0.05) is 22.0 Å². The summed E-state index contributed by atoms with van der Waals surface area (Å²) in [5.74, 6) is 1.21. The lowest BCUT2D eigenvalue weighted by Gasteiger charge is -2.34. The average molecular weight is 537 g/mol. The Morgan fingerprint density at radius 3 is 2.34 bits per heavy atom. The molecule has 7 nitrogen and oxygen atoms in total. The minimum absolute atomic E-state index is 0.0795. The van der Waals surface area contributed by atoms with Gasteiger partial charge in [-0.15, -0.1) is 11.3 Å². The van der Waals surface area contributed by atoms with Crippen molar-refractivity contribution in [1.29, 1.82) is 0 Å². The van der Waals surface area contributed by atoms with Crippen LogP contribution in [0.15, 0.2) is 60.0 Å². The van der Waals surface area contributed by atoms with E-state index in [1.165, 1.54) is 17.8 Å². The van der Waals surface area contributed by atoms with Crippen molar-refractivity contribution in [2.45, 2.75) is 57.2 Å². The van der Waals surface area contributed by atoms with Crippen molar-refractivity contribution in [3.8, 4) is 17.2 Å². The molecular formula is C30H36N2O5S. The van der Waals surface area contributed by atoms with E-state index in [0.29, 0.717) is 22.8 Å². The molecule has 1 aliphatic rings. The van der Waals surface area contributed by atoms with Crippen LogP contribution in [0.3, 0.4) is 0 Å². The number of hydrogen-bond donors (Lipinski definition) is 1. The zero-order chi connectivity index (χ0) is 26.9. The molecule has 1 atom stereocenters. The highest BCUT2D eigenvalue weighted by Crippen LogP contribution is 2.39. The summed E-state index contributed by atoms with van der Waals surface area (Å²) in [6.07, 6.45) is 5.40. The van der Waals surface area contributed by atoms with Gasteiger partial charge in [-0.05, 0) is 36.4 Å². The van der Waals surface area contributed by atoms with Crippen LogP contribution in [0.1, 0.15) is 54.1 Å². The van der Waals surface area contributed by atoms with E-state index in [1.54, 1.807) is 32.3 Å². The fourth-order valence-electron chi connectivity index (χ4n) is 5.11. The number of ether oxygens (including phenoxy) is 3. The molecule has 1 saturated carbocycles. The topological polar surface area (TPSA) is 77.1 Å². The molecule has 1 aromatic heterocycles. The first kappa shape index (κ1) is 27.5. The maximum absolute atomic E-state index is 14.1. The van der Waals surface area contributed by atoms with Gasteiger partial charge in [0.05, 0.1) is 34.3 Å². The SMILES string of the molecule is COc1ccccc1CN(C(=O)Cc1cccs1)[C@H](C(=O)NC1CCCCC1)c1cccc(OC)c1OC. The monoisotopic (exact) mass is 536 g/mol. The van der Waals surface area contributed by atoms with Crippen molar-refractivity contribution in [3.05, 3.63) is 76.0 Å². The maximum atomic E-state index is 14.1. The van der Waals surface area contributed by atoms with Crippen molar-refractivity contribution in [2.24, 2.45) is 0 Å². The van der Waals surface area contributed by atoms with Crippen molar-refractivity contribution in [2.75, 3.05) is 21.3 Å². The summed E-state index contributed by atoms with van der Waals surface area (Å²) >= 11 is 1.52. The molecule has 1 aliphatic carbocycles. The largest absolute Gasteiger partial charge is 0.496 e. The molecule has 2 aromatic carbocycles. The van der Waals surface area contributed by atoms with Gasteiger partial charge in [0.2, 0.25) is 11.8 Å². The van der Waals surface area contributed by atoms with Gasteiger partial charge in [-0.3, -0.25) is 9.59 Å². The number of amides is 2. The minimum Gasteiger partial charge on any atom is -0.496 e. The van der Waals surface area contributed by atoms with E-state index in [2.05, 4.69) is 5.32 Å². The Hall–Kier alpha value is -3.52. The maximum Gasteiger partial charge on any atom is 0.247 e. The smallest absolute Gasteiger partial charge is 0.247 e. The summed E-state index contributed by atoms with van der Waals surface area (Å²) in [6, 6.07) is 16.0. The summed E-state index contributed by atoms with van der Waals surface area (Å²) < 4.78 is 16.9. The molecule has 8 heteroatoms. The van der Waals surface area contributed by atoms with Crippen LogP contribution in [0.4, 0.5) is 0 Å². The van der Waals surface area contributed by atoms with Crippen LogP contribution in [0.2, 0.25) is 0 Å². The third-order valence-electron chi connectivity index (χ3n) is 7.00. The number of carbonyl (C=O) groups is 2. The molecule has 0 unspecified atom stereocenters. The molecule has 0 bridgehead atoms. The van der Waals surface area contributed by atoms with Crippen molar-refractivity contribution in [3.63, 3.8) is 0 Å². The molecule has 1 N–H and O–H groups in total. The average Bonchev–Trinajstić information content (AvgIpc) is 3.46. The van der Waals surface area contributed by atoms with Gasteiger partial charge in [0.1, 0.15) is 11.8 Å². The van der Waals surface area contributed by atoms with Crippen LogP contribution in [0.5, 0.6) is 17.2 Å². The van der Waals surface area contributed by atoms with Gasteiger partial charge in [-0.25, -0.2) is 0 Å². The van der Waals surface area contributed by atoms with Gasteiger partial charge in [0.15, 0.2) is 11.5 Å². The lowest BCUT2D eigenvalue weighted by Crippen LogP contribution is -2.47.